The van der Waals surface area contributed by atoms with Crippen LogP contribution in [0.5, 0.6) is 17.2 Å². The number of amides is 1. The molecular weight excluding hydrogens is 420 g/mol. The Balaban J connectivity index is 2.25. The number of benzene rings is 1. The Kier molecular flexibility index (Phi) is 8.20. The van der Waals surface area contributed by atoms with Crippen molar-refractivity contribution in [2.24, 2.45) is 0 Å². The number of carbonyl (C=O) groups is 1. The molecule has 0 bridgehead atoms. The molecule has 0 aromatic heterocycles. The first-order valence-corrected chi connectivity index (χ1v) is 11.5. The number of nitrogens with one attached hydrogen (secondary N) is 2. The SMILES string of the molecule is CCCCCNc1ccc2c(cc1=O)[C@@H](NC(C)=O)CCc1cc(OC)c(OC)c(OC)c1-2. The molecule has 2 aromatic rings. The standard InChI is InChI=1S/C26H34N2O5/c1-6-7-8-13-27-21-12-10-18-19(15-22(21)30)20(28-16(2)29)11-9-17-14-23(31-3)25(32-4)26(33-5)24(17)18/h10,12,14-15,20H,6-9,11,13H2,1-5H3,(H,27,30)(H,28,29)/t20-/m0/s1. The summed E-state index contributed by atoms with van der Waals surface area (Å²) < 4.78 is 17.0. The van der Waals surface area contributed by atoms with E-state index >= 15 is 0 Å². The van der Waals surface area contributed by atoms with Crippen molar-refractivity contribution in [2.45, 2.75) is 52.0 Å². The number of fused-ring (bicyclic) bond motifs is 3. The first-order valence-electron chi connectivity index (χ1n) is 11.5. The molecule has 2 aromatic carbocycles. The number of hydrogen-bond donors (Lipinski definition) is 2. The molecule has 0 aliphatic heterocycles. The topological polar surface area (TPSA) is 85.9 Å². The second-order valence-corrected chi connectivity index (χ2v) is 8.23. The summed E-state index contributed by atoms with van der Waals surface area (Å²) in [6.07, 6.45) is 4.53. The lowest BCUT2D eigenvalue weighted by Gasteiger charge is -2.19. The smallest absolute Gasteiger partial charge is 0.217 e. The Morgan fingerprint density at radius 2 is 1.82 bits per heavy atom. The Morgan fingerprint density at radius 3 is 2.45 bits per heavy atom. The number of ether oxygens (including phenoxy) is 3. The van der Waals surface area contributed by atoms with E-state index in [2.05, 4.69) is 17.6 Å². The predicted octanol–water partition coefficient (Wildman–Crippen LogP) is 4.47. The molecule has 1 aliphatic rings. The summed E-state index contributed by atoms with van der Waals surface area (Å²) in [7, 11) is 4.76. The molecule has 1 aliphatic carbocycles. The van der Waals surface area contributed by atoms with Crippen LogP contribution in [0, 0.1) is 0 Å². The molecule has 7 nitrogen and oxygen atoms in total. The molecule has 33 heavy (non-hydrogen) atoms. The molecule has 0 radical (unpaired) electrons. The van der Waals surface area contributed by atoms with E-state index in [1.54, 1.807) is 27.4 Å². The summed E-state index contributed by atoms with van der Waals surface area (Å²) in [5.74, 6) is 1.48. The van der Waals surface area contributed by atoms with Crippen LogP contribution in [0.3, 0.4) is 0 Å². The van der Waals surface area contributed by atoms with Gasteiger partial charge in [-0.2, -0.15) is 0 Å². The number of hydrogen-bond acceptors (Lipinski definition) is 6. The van der Waals surface area contributed by atoms with Gasteiger partial charge in [-0.25, -0.2) is 0 Å². The molecule has 7 heteroatoms. The second-order valence-electron chi connectivity index (χ2n) is 8.23. The van der Waals surface area contributed by atoms with Crippen LogP contribution in [0.4, 0.5) is 5.69 Å². The molecular formula is C26H34N2O5. The first-order chi connectivity index (χ1) is 15.9. The monoisotopic (exact) mass is 454 g/mol. The Bertz CT molecular complexity index is 1070. The molecule has 0 saturated heterocycles. The zero-order valence-corrected chi connectivity index (χ0v) is 20.2. The van der Waals surface area contributed by atoms with E-state index in [4.69, 9.17) is 14.2 Å². The maximum Gasteiger partial charge on any atom is 0.217 e. The van der Waals surface area contributed by atoms with Crippen LogP contribution in [0.2, 0.25) is 0 Å². The summed E-state index contributed by atoms with van der Waals surface area (Å²) in [5, 5.41) is 6.31. The van der Waals surface area contributed by atoms with Crippen LogP contribution >= 0.6 is 0 Å². The fourth-order valence-electron chi connectivity index (χ4n) is 4.45. The molecule has 0 saturated carbocycles. The van der Waals surface area contributed by atoms with Crippen molar-refractivity contribution < 1.29 is 19.0 Å². The average molecular weight is 455 g/mol. The zero-order chi connectivity index (χ0) is 24.0. The molecule has 178 valence electrons. The Morgan fingerprint density at radius 1 is 1.06 bits per heavy atom. The van der Waals surface area contributed by atoms with Crippen molar-refractivity contribution >= 4 is 11.6 Å². The minimum Gasteiger partial charge on any atom is -0.493 e. The van der Waals surface area contributed by atoms with Gasteiger partial charge in [0.05, 0.1) is 33.1 Å². The quantitative estimate of drug-likeness (QED) is 0.544. The van der Waals surface area contributed by atoms with Crippen LogP contribution in [0.25, 0.3) is 11.1 Å². The summed E-state index contributed by atoms with van der Waals surface area (Å²) in [6, 6.07) is 7.05. The molecule has 1 amide bonds. The van der Waals surface area contributed by atoms with E-state index < -0.39 is 0 Å². The number of aryl methyl sites for hydroxylation is 1. The maximum atomic E-state index is 13.1. The highest BCUT2D eigenvalue weighted by atomic mass is 16.5. The summed E-state index contributed by atoms with van der Waals surface area (Å²) in [6.45, 7) is 4.37. The van der Waals surface area contributed by atoms with Crippen molar-refractivity contribution in [3.63, 3.8) is 0 Å². The Labute approximate surface area is 195 Å². The second kappa shape index (κ2) is 11.1. The van der Waals surface area contributed by atoms with Crippen LogP contribution in [0.1, 0.15) is 56.7 Å². The van der Waals surface area contributed by atoms with Crippen molar-refractivity contribution in [3.8, 4) is 28.4 Å². The van der Waals surface area contributed by atoms with Crippen molar-refractivity contribution in [3.05, 3.63) is 45.6 Å². The van der Waals surface area contributed by atoms with Gasteiger partial charge in [-0.15, -0.1) is 0 Å². The van der Waals surface area contributed by atoms with Crippen LogP contribution in [-0.2, 0) is 11.2 Å². The van der Waals surface area contributed by atoms with Gasteiger partial charge in [-0.05, 0) is 54.2 Å². The van der Waals surface area contributed by atoms with Crippen LogP contribution < -0.4 is 30.3 Å². The van der Waals surface area contributed by atoms with Gasteiger partial charge in [0.1, 0.15) is 0 Å². The number of methoxy groups -OCH3 is 3. The number of anilines is 1. The fraction of sp³-hybridized carbons (Fsp3) is 0.462. The van der Waals surface area contributed by atoms with Crippen molar-refractivity contribution in [1.82, 2.24) is 5.32 Å². The van der Waals surface area contributed by atoms with Crippen molar-refractivity contribution in [2.75, 3.05) is 33.2 Å². The average Bonchev–Trinajstić information content (AvgIpc) is 3.04. The van der Waals surface area contributed by atoms with E-state index in [1.807, 2.05) is 18.2 Å². The molecule has 1 atom stereocenters. The number of carbonyl (C=O) groups excluding carboxylic acids is 1. The lowest BCUT2D eigenvalue weighted by Crippen LogP contribution is -2.26. The van der Waals surface area contributed by atoms with Crippen LogP contribution in [0.15, 0.2) is 29.1 Å². The molecule has 0 unspecified atom stereocenters. The molecule has 2 N–H and O–H groups in total. The fourth-order valence-corrected chi connectivity index (χ4v) is 4.45. The third-order valence-electron chi connectivity index (χ3n) is 6.01. The van der Waals surface area contributed by atoms with E-state index in [0.717, 1.165) is 48.1 Å². The third-order valence-corrected chi connectivity index (χ3v) is 6.01. The third kappa shape index (κ3) is 5.24. The molecule has 0 heterocycles. The highest BCUT2D eigenvalue weighted by molar-refractivity contribution is 5.83. The van der Waals surface area contributed by atoms with Crippen molar-refractivity contribution in [1.29, 1.82) is 0 Å². The molecule has 3 rings (SSSR count). The maximum absolute atomic E-state index is 13.1. The Hall–Kier alpha value is -3.22. The van der Waals surface area contributed by atoms with Gasteiger partial charge in [0.2, 0.25) is 17.1 Å². The number of unbranched alkanes of at least 4 members (excludes halogenated alkanes) is 2. The van der Waals surface area contributed by atoms with E-state index in [1.165, 1.54) is 6.92 Å². The van der Waals surface area contributed by atoms with Gasteiger partial charge in [0.15, 0.2) is 11.5 Å². The highest BCUT2D eigenvalue weighted by Gasteiger charge is 2.29. The lowest BCUT2D eigenvalue weighted by atomic mass is 9.95. The number of rotatable bonds is 9. The minimum absolute atomic E-state index is 0.106. The van der Waals surface area contributed by atoms with Gasteiger partial charge in [-0.1, -0.05) is 25.8 Å². The molecule has 0 spiro atoms. The van der Waals surface area contributed by atoms with Gasteiger partial charge in [0.25, 0.3) is 0 Å². The van der Waals surface area contributed by atoms with E-state index in [9.17, 15) is 9.59 Å². The largest absolute Gasteiger partial charge is 0.493 e. The van der Waals surface area contributed by atoms with Gasteiger partial charge < -0.3 is 24.8 Å². The molecule has 0 fully saturated rings. The van der Waals surface area contributed by atoms with Gasteiger partial charge in [-0.3, -0.25) is 9.59 Å². The van der Waals surface area contributed by atoms with Gasteiger partial charge >= 0.3 is 0 Å². The zero-order valence-electron chi connectivity index (χ0n) is 20.2. The lowest BCUT2D eigenvalue weighted by molar-refractivity contribution is -0.119. The summed E-state index contributed by atoms with van der Waals surface area (Å²) in [5.41, 5.74) is 3.90. The van der Waals surface area contributed by atoms with Crippen LogP contribution in [-0.4, -0.2) is 33.8 Å². The summed E-state index contributed by atoms with van der Waals surface area (Å²) in [4.78, 5) is 25.1. The van der Waals surface area contributed by atoms with E-state index in [-0.39, 0.29) is 17.4 Å². The summed E-state index contributed by atoms with van der Waals surface area (Å²) >= 11 is 0. The normalized spacial score (nSPS) is 14.4. The highest BCUT2D eigenvalue weighted by Crippen LogP contribution is 2.50. The predicted molar refractivity (Wildman–Crippen MR) is 131 cm³/mol. The van der Waals surface area contributed by atoms with Gasteiger partial charge in [0, 0.05) is 19.0 Å². The minimum atomic E-state index is -0.306. The first kappa shape index (κ1) is 24.4. The van der Waals surface area contributed by atoms with E-state index in [0.29, 0.717) is 35.8 Å².